The SMILES string of the molecule is CC(C)c1nc(N2CCN3CCCCC3C2)sc1C(=O)O. The van der Waals surface area contributed by atoms with Crippen molar-refractivity contribution in [3.8, 4) is 0 Å². The van der Waals surface area contributed by atoms with Crippen molar-refractivity contribution in [1.29, 1.82) is 0 Å². The van der Waals surface area contributed by atoms with Gasteiger partial charge >= 0.3 is 5.97 Å². The van der Waals surface area contributed by atoms with Gasteiger partial charge in [-0.05, 0) is 25.3 Å². The van der Waals surface area contributed by atoms with Crippen LogP contribution < -0.4 is 4.90 Å². The summed E-state index contributed by atoms with van der Waals surface area (Å²) in [5.74, 6) is -0.698. The molecule has 1 aromatic rings. The van der Waals surface area contributed by atoms with Gasteiger partial charge in [-0.1, -0.05) is 31.6 Å². The first-order chi connectivity index (χ1) is 10.1. The van der Waals surface area contributed by atoms with Crippen molar-refractivity contribution in [3.05, 3.63) is 10.6 Å². The van der Waals surface area contributed by atoms with Crippen LogP contribution in [0.15, 0.2) is 0 Å². The molecule has 116 valence electrons. The van der Waals surface area contributed by atoms with Crippen LogP contribution in [-0.2, 0) is 0 Å². The average Bonchev–Trinajstić information content (AvgIpc) is 2.92. The van der Waals surface area contributed by atoms with Crippen LogP contribution in [0.2, 0.25) is 0 Å². The second-order valence-corrected chi connectivity index (χ2v) is 7.28. The predicted octanol–water partition coefficient (Wildman–Crippen LogP) is 2.64. The maximum Gasteiger partial charge on any atom is 0.347 e. The molecule has 0 spiro atoms. The Bertz CT molecular complexity index is 529. The number of aromatic nitrogens is 1. The van der Waals surface area contributed by atoms with E-state index in [0.717, 1.165) is 30.5 Å². The molecule has 2 aliphatic heterocycles. The maximum absolute atomic E-state index is 11.4. The van der Waals surface area contributed by atoms with E-state index in [-0.39, 0.29) is 5.92 Å². The number of carboxylic acids is 1. The molecule has 0 amide bonds. The molecule has 1 aromatic heterocycles. The highest BCUT2D eigenvalue weighted by Gasteiger charge is 2.31. The number of aromatic carboxylic acids is 1. The van der Waals surface area contributed by atoms with Crippen LogP contribution in [-0.4, -0.2) is 53.2 Å². The molecule has 21 heavy (non-hydrogen) atoms. The van der Waals surface area contributed by atoms with Crippen molar-refractivity contribution in [3.63, 3.8) is 0 Å². The van der Waals surface area contributed by atoms with E-state index < -0.39 is 5.97 Å². The van der Waals surface area contributed by atoms with Crippen molar-refractivity contribution in [2.75, 3.05) is 31.1 Å². The molecule has 2 fully saturated rings. The van der Waals surface area contributed by atoms with Crippen LogP contribution in [0.3, 0.4) is 0 Å². The zero-order valence-corrected chi connectivity index (χ0v) is 13.5. The minimum atomic E-state index is -0.848. The van der Waals surface area contributed by atoms with Crippen molar-refractivity contribution in [2.24, 2.45) is 0 Å². The summed E-state index contributed by atoms with van der Waals surface area (Å²) in [7, 11) is 0. The Hall–Kier alpha value is -1.14. The summed E-state index contributed by atoms with van der Waals surface area (Å²) in [6.45, 7) is 8.25. The largest absolute Gasteiger partial charge is 0.477 e. The maximum atomic E-state index is 11.4. The molecule has 0 radical (unpaired) electrons. The Balaban J connectivity index is 1.80. The third kappa shape index (κ3) is 2.92. The molecule has 0 saturated carbocycles. The van der Waals surface area contributed by atoms with Gasteiger partial charge in [-0.3, -0.25) is 4.90 Å². The van der Waals surface area contributed by atoms with Gasteiger partial charge in [0.25, 0.3) is 0 Å². The fourth-order valence-electron chi connectivity index (χ4n) is 3.33. The van der Waals surface area contributed by atoms with Gasteiger partial charge in [-0.25, -0.2) is 9.78 Å². The number of piperidine rings is 1. The number of thiazole rings is 1. The first kappa shape index (κ1) is 14.8. The number of hydrogen-bond acceptors (Lipinski definition) is 5. The lowest BCUT2D eigenvalue weighted by Gasteiger charge is -2.44. The van der Waals surface area contributed by atoms with E-state index in [1.165, 1.54) is 37.1 Å². The molecular weight excluding hydrogens is 286 g/mol. The molecule has 6 heteroatoms. The monoisotopic (exact) mass is 309 g/mol. The molecule has 1 N–H and O–H groups in total. The smallest absolute Gasteiger partial charge is 0.347 e. The summed E-state index contributed by atoms with van der Waals surface area (Å²) in [5.41, 5.74) is 0.730. The van der Waals surface area contributed by atoms with Gasteiger partial charge in [0.15, 0.2) is 5.13 Å². The van der Waals surface area contributed by atoms with Gasteiger partial charge in [-0.2, -0.15) is 0 Å². The Morgan fingerprint density at radius 3 is 2.81 bits per heavy atom. The van der Waals surface area contributed by atoms with Gasteiger partial charge in [0.05, 0.1) is 5.69 Å². The third-order valence-electron chi connectivity index (χ3n) is 4.49. The lowest BCUT2D eigenvalue weighted by Crippen LogP contribution is -2.54. The quantitative estimate of drug-likeness (QED) is 0.930. The van der Waals surface area contributed by atoms with E-state index in [4.69, 9.17) is 0 Å². The van der Waals surface area contributed by atoms with E-state index in [1.807, 2.05) is 13.8 Å². The van der Waals surface area contributed by atoms with Crippen molar-refractivity contribution in [1.82, 2.24) is 9.88 Å². The number of carbonyl (C=O) groups is 1. The minimum absolute atomic E-state index is 0.150. The van der Waals surface area contributed by atoms with Crippen LogP contribution in [0, 0.1) is 0 Å². The molecule has 2 saturated heterocycles. The van der Waals surface area contributed by atoms with Crippen molar-refractivity contribution < 1.29 is 9.90 Å². The number of nitrogens with zero attached hydrogens (tertiary/aromatic N) is 3. The zero-order chi connectivity index (χ0) is 15.0. The minimum Gasteiger partial charge on any atom is -0.477 e. The Kier molecular flexibility index (Phi) is 4.17. The van der Waals surface area contributed by atoms with Crippen LogP contribution in [0.5, 0.6) is 0 Å². The summed E-state index contributed by atoms with van der Waals surface area (Å²) in [5, 5.41) is 10.2. The summed E-state index contributed by atoms with van der Waals surface area (Å²) in [4.78, 5) is 21.3. The van der Waals surface area contributed by atoms with Crippen LogP contribution in [0.25, 0.3) is 0 Å². The van der Waals surface area contributed by atoms with E-state index in [2.05, 4.69) is 14.8 Å². The third-order valence-corrected chi connectivity index (χ3v) is 5.61. The molecule has 2 aliphatic rings. The number of piperazine rings is 1. The first-order valence-corrected chi connectivity index (χ1v) is 8.61. The molecule has 3 rings (SSSR count). The van der Waals surface area contributed by atoms with Crippen LogP contribution in [0.4, 0.5) is 5.13 Å². The van der Waals surface area contributed by atoms with Gasteiger partial charge in [0, 0.05) is 25.7 Å². The van der Waals surface area contributed by atoms with E-state index >= 15 is 0 Å². The number of carboxylic acid groups (broad SMARTS) is 1. The number of anilines is 1. The number of fused-ring (bicyclic) bond motifs is 1. The molecule has 0 bridgehead atoms. The van der Waals surface area contributed by atoms with Gasteiger partial charge < -0.3 is 10.0 Å². The summed E-state index contributed by atoms with van der Waals surface area (Å²) in [6, 6.07) is 0.618. The molecule has 1 unspecified atom stereocenters. The average molecular weight is 309 g/mol. The Morgan fingerprint density at radius 2 is 2.14 bits per heavy atom. The fourth-order valence-corrected chi connectivity index (χ4v) is 4.42. The van der Waals surface area contributed by atoms with Crippen molar-refractivity contribution in [2.45, 2.75) is 45.1 Å². The standard InChI is InChI=1S/C15H23N3O2S/c1-10(2)12-13(14(19)20)21-15(16-12)18-8-7-17-6-4-3-5-11(17)9-18/h10-11H,3-9H2,1-2H3,(H,19,20). The zero-order valence-electron chi connectivity index (χ0n) is 12.7. The summed E-state index contributed by atoms with van der Waals surface area (Å²) < 4.78 is 0. The lowest BCUT2D eigenvalue weighted by atomic mass is 10.00. The van der Waals surface area contributed by atoms with Crippen LogP contribution >= 0.6 is 11.3 Å². The summed E-state index contributed by atoms with van der Waals surface area (Å²) >= 11 is 1.34. The molecule has 1 atom stereocenters. The second kappa shape index (κ2) is 5.93. The van der Waals surface area contributed by atoms with Crippen LogP contribution in [0.1, 0.15) is 54.4 Å². The van der Waals surface area contributed by atoms with E-state index in [1.54, 1.807) is 0 Å². The highest BCUT2D eigenvalue weighted by molar-refractivity contribution is 7.17. The first-order valence-electron chi connectivity index (χ1n) is 7.79. The van der Waals surface area contributed by atoms with Gasteiger partial charge in [-0.15, -0.1) is 0 Å². The van der Waals surface area contributed by atoms with Gasteiger partial charge in [0.2, 0.25) is 0 Å². The number of hydrogen-bond donors (Lipinski definition) is 1. The lowest BCUT2D eigenvalue weighted by molar-refractivity contribution is 0.0700. The molecule has 0 aromatic carbocycles. The highest BCUT2D eigenvalue weighted by atomic mass is 32.1. The Labute approximate surface area is 129 Å². The molecule has 5 nitrogen and oxygen atoms in total. The van der Waals surface area contributed by atoms with E-state index in [0.29, 0.717) is 10.9 Å². The predicted molar refractivity (Wildman–Crippen MR) is 84.6 cm³/mol. The molecule has 3 heterocycles. The van der Waals surface area contributed by atoms with E-state index in [9.17, 15) is 9.90 Å². The normalized spacial score (nSPS) is 23.4. The highest BCUT2D eigenvalue weighted by Crippen LogP contribution is 2.33. The summed E-state index contributed by atoms with van der Waals surface area (Å²) in [6.07, 6.45) is 3.88. The topological polar surface area (TPSA) is 56.7 Å². The van der Waals surface area contributed by atoms with Gasteiger partial charge in [0.1, 0.15) is 4.88 Å². The van der Waals surface area contributed by atoms with Crippen molar-refractivity contribution >= 4 is 22.4 Å². The number of rotatable bonds is 3. The molecule has 0 aliphatic carbocycles. The molecular formula is C15H23N3O2S. The second-order valence-electron chi connectivity index (χ2n) is 6.30. The Morgan fingerprint density at radius 1 is 1.33 bits per heavy atom. The fraction of sp³-hybridized carbons (Fsp3) is 0.733.